The molecule has 8 heteroatoms. The van der Waals surface area contributed by atoms with Crippen LogP contribution in [0.3, 0.4) is 0 Å². The second kappa shape index (κ2) is 4.67. The van der Waals surface area contributed by atoms with Gasteiger partial charge in [-0.2, -0.15) is 15.0 Å². The number of nitrogen functional groups attached to an aromatic ring is 1. The van der Waals surface area contributed by atoms with Crippen LogP contribution in [0.1, 0.15) is 0 Å². The van der Waals surface area contributed by atoms with E-state index in [0.717, 1.165) is 0 Å². The number of nitrogens with zero attached hydrogens (tertiary/aromatic N) is 4. The molecule has 6 nitrogen and oxygen atoms in total. The third kappa shape index (κ3) is 3.49. The lowest BCUT2D eigenvalue weighted by molar-refractivity contribution is 0.0770. The Balaban J connectivity index is 2.79. The second-order valence-corrected chi connectivity index (χ2v) is 2.87. The highest BCUT2D eigenvalue weighted by atomic mass is 19.3. The molecule has 1 aromatic heterocycles. The number of nitrogens with two attached hydrogens (primary N) is 1. The van der Waals surface area contributed by atoms with Gasteiger partial charge in [0.2, 0.25) is 11.9 Å². The first-order chi connectivity index (χ1) is 6.99. The highest BCUT2D eigenvalue weighted by molar-refractivity contribution is 5.33. The number of aromatic nitrogens is 3. The molecule has 0 aliphatic rings. The Morgan fingerprint density at radius 2 is 2.00 bits per heavy atom. The lowest BCUT2D eigenvalue weighted by Gasteiger charge is -2.11. The second-order valence-electron chi connectivity index (χ2n) is 2.87. The molecule has 0 amide bonds. The van der Waals surface area contributed by atoms with Crippen LogP contribution < -0.4 is 15.4 Å². The van der Waals surface area contributed by atoms with Crippen molar-refractivity contribution in [3.63, 3.8) is 0 Å². The van der Waals surface area contributed by atoms with Crippen molar-refractivity contribution in [3.05, 3.63) is 0 Å². The Hall–Kier alpha value is -1.73. The first kappa shape index (κ1) is 11.3. The van der Waals surface area contributed by atoms with E-state index in [2.05, 4.69) is 19.7 Å². The monoisotopic (exact) mass is 219 g/mol. The minimum atomic E-state index is -2.58. The van der Waals surface area contributed by atoms with Gasteiger partial charge in [0, 0.05) is 14.1 Å². The number of ether oxygens (including phenoxy) is 1. The number of rotatable bonds is 4. The topological polar surface area (TPSA) is 77.2 Å². The summed E-state index contributed by atoms with van der Waals surface area (Å²) in [7, 11) is 3.37. The van der Waals surface area contributed by atoms with E-state index in [0.29, 0.717) is 0 Å². The molecule has 0 fully saturated rings. The molecule has 0 aliphatic heterocycles. The van der Waals surface area contributed by atoms with Gasteiger partial charge in [0.05, 0.1) is 0 Å². The van der Waals surface area contributed by atoms with Gasteiger partial charge in [-0.15, -0.1) is 0 Å². The molecule has 2 N–H and O–H groups in total. The lowest BCUT2D eigenvalue weighted by atomic mass is 10.7. The van der Waals surface area contributed by atoms with Crippen molar-refractivity contribution in [1.82, 2.24) is 15.0 Å². The number of hydrogen-bond donors (Lipinski definition) is 1. The van der Waals surface area contributed by atoms with Crippen molar-refractivity contribution in [3.8, 4) is 6.01 Å². The molecule has 0 atom stereocenters. The van der Waals surface area contributed by atoms with E-state index in [9.17, 15) is 8.78 Å². The molecule has 0 spiro atoms. The minimum absolute atomic E-state index is 0.0713. The van der Waals surface area contributed by atoms with Gasteiger partial charge >= 0.3 is 6.01 Å². The van der Waals surface area contributed by atoms with Crippen LogP contribution in [0.15, 0.2) is 0 Å². The van der Waals surface area contributed by atoms with Crippen LogP contribution in [0.5, 0.6) is 6.01 Å². The van der Waals surface area contributed by atoms with Gasteiger partial charge in [-0.3, -0.25) is 0 Å². The molecular weight excluding hydrogens is 208 g/mol. The maximum absolute atomic E-state index is 11.8. The Bertz CT molecular complexity index is 333. The van der Waals surface area contributed by atoms with E-state index in [4.69, 9.17) is 5.73 Å². The highest BCUT2D eigenvalue weighted by Crippen LogP contribution is 2.11. The van der Waals surface area contributed by atoms with E-state index in [1.165, 1.54) is 0 Å². The minimum Gasteiger partial charge on any atom is -0.457 e. The maximum Gasteiger partial charge on any atom is 0.323 e. The Labute approximate surface area is 85.1 Å². The summed E-state index contributed by atoms with van der Waals surface area (Å²) in [4.78, 5) is 12.7. The van der Waals surface area contributed by atoms with Gasteiger partial charge in [0.25, 0.3) is 6.43 Å². The average molecular weight is 219 g/mol. The number of hydrogen-bond acceptors (Lipinski definition) is 6. The molecule has 0 saturated carbocycles. The summed E-state index contributed by atoms with van der Waals surface area (Å²) >= 11 is 0. The quantitative estimate of drug-likeness (QED) is 0.777. The van der Waals surface area contributed by atoms with E-state index < -0.39 is 13.0 Å². The van der Waals surface area contributed by atoms with E-state index in [1.54, 1.807) is 19.0 Å². The van der Waals surface area contributed by atoms with Gasteiger partial charge in [-0.25, -0.2) is 8.78 Å². The zero-order chi connectivity index (χ0) is 11.4. The van der Waals surface area contributed by atoms with Crippen molar-refractivity contribution < 1.29 is 13.5 Å². The first-order valence-corrected chi connectivity index (χ1v) is 4.09. The zero-order valence-corrected chi connectivity index (χ0v) is 8.31. The SMILES string of the molecule is CN(C)c1nc(N)nc(OCC(F)F)n1. The molecule has 1 aromatic rings. The van der Waals surface area contributed by atoms with Crippen LogP contribution in [-0.4, -0.2) is 42.1 Å². The van der Waals surface area contributed by atoms with Crippen LogP contribution in [0.4, 0.5) is 20.7 Å². The first-order valence-electron chi connectivity index (χ1n) is 4.09. The van der Waals surface area contributed by atoms with E-state index in [1.807, 2.05) is 0 Å². The fraction of sp³-hybridized carbons (Fsp3) is 0.571. The smallest absolute Gasteiger partial charge is 0.323 e. The van der Waals surface area contributed by atoms with Crippen LogP contribution in [0, 0.1) is 0 Å². The molecule has 0 saturated heterocycles. The molecule has 0 unspecified atom stereocenters. The highest BCUT2D eigenvalue weighted by Gasteiger charge is 2.09. The van der Waals surface area contributed by atoms with Crippen molar-refractivity contribution in [2.24, 2.45) is 0 Å². The average Bonchev–Trinajstić information content (AvgIpc) is 2.13. The van der Waals surface area contributed by atoms with Crippen molar-refractivity contribution in [2.45, 2.75) is 6.43 Å². The Morgan fingerprint density at radius 3 is 2.53 bits per heavy atom. The fourth-order valence-corrected chi connectivity index (χ4v) is 0.763. The van der Waals surface area contributed by atoms with Crippen LogP contribution in [0.2, 0.25) is 0 Å². The molecule has 0 radical (unpaired) electrons. The predicted molar refractivity (Wildman–Crippen MR) is 50.1 cm³/mol. The maximum atomic E-state index is 11.8. The van der Waals surface area contributed by atoms with E-state index in [-0.39, 0.29) is 17.9 Å². The predicted octanol–water partition coefficient (Wildman–Crippen LogP) is 0.164. The molecule has 1 heterocycles. The third-order valence-corrected chi connectivity index (χ3v) is 1.36. The summed E-state index contributed by atoms with van der Waals surface area (Å²) in [6.45, 7) is -0.768. The molecule has 0 aliphatic carbocycles. The summed E-state index contributed by atoms with van der Waals surface area (Å²) < 4.78 is 28.3. The Kier molecular flexibility index (Phi) is 3.53. The Morgan fingerprint density at radius 1 is 1.33 bits per heavy atom. The molecule has 15 heavy (non-hydrogen) atoms. The van der Waals surface area contributed by atoms with Gasteiger partial charge < -0.3 is 15.4 Å². The zero-order valence-electron chi connectivity index (χ0n) is 8.31. The van der Waals surface area contributed by atoms with Crippen molar-refractivity contribution in [1.29, 1.82) is 0 Å². The standard InChI is InChI=1S/C7H11F2N5O/c1-14(2)6-11-5(10)12-7(13-6)15-3-4(8)9/h4H,3H2,1-2H3,(H2,10,11,12,13). The lowest BCUT2D eigenvalue weighted by Crippen LogP contribution is -2.16. The molecule has 0 bridgehead atoms. The van der Waals surface area contributed by atoms with E-state index >= 15 is 0 Å². The summed E-state index contributed by atoms with van der Waals surface area (Å²) in [6, 6.07) is -0.202. The van der Waals surface area contributed by atoms with Crippen LogP contribution in [0.25, 0.3) is 0 Å². The fourth-order valence-electron chi connectivity index (χ4n) is 0.763. The summed E-state index contributed by atoms with van der Waals surface area (Å²) in [5.41, 5.74) is 5.35. The molecular formula is C7H11F2N5O. The largest absolute Gasteiger partial charge is 0.457 e. The van der Waals surface area contributed by atoms with Gasteiger partial charge in [-0.05, 0) is 0 Å². The van der Waals surface area contributed by atoms with Crippen molar-refractivity contribution >= 4 is 11.9 Å². The van der Waals surface area contributed by atoms with Crippen molar-refractivity contribution in [2.75, 3.05) is 31.3 Å². The normalized spacial score (nSPS) is 10.5. The van der Waals surface area contributed by atoms with Gasteiger partial charge in [0.15, 0.2) is 6.61 Å². The van der Waals surface area contributed by atoms with Gasteiger partial charge in [-0.1, -0.05) is 0 Å². The summed E-state index contributed by atoms with van der Waals surface area (Å²) in [6.07, 6.45) is -2.58. The van der Waals surface area contributed by atoms with Gasteiger partial charge in [0.1, 0.15) is 0 Å². The number of halogens is 2. The number of alkyl halides is 2. The molecule has 1 rings (SSSR count). The molecule has 84 valence electrons. The summed E-state index contributed by atoms with van der Waals surface area (Å²) in [5.74, 6) is 0.185. The van der Waals surface area contributed by atoms with Crippen LogP contribution in [-0.2, 0) is 0 Å². The number of anilines is 2. The summed E-state index contributed by atoms with van der Waals surface area (Å²) in [5, 5.41) is 0. The third-order valence-electron chi connectivity index (χ3n) is 1.36. The van der Waals surface area contributed by atoms with Crippen LogP contribution >= 0.6 is 0 Å². The molecule has 0 aromatic carbocycles.